The zero-order valence-electron chi connectivity index (χ0n) is 9.51. The van der Waals surface area contributed by atoms with Crippen LogP contribution >= 0.6 is 0 Å². The Labute approximate surface area is 98.5 Å². The molecule has 1 heterocycles. The number of benzene rings is 1. The fourth-order valence-corrected chi connectivity index (χ4v) is 1.53. The zero-order valence-corrected chi connectivity index (χ0v) is 9.51. The number of hydrogen-bond donors (Lipinski definition) is 2. The van der Waals surface area contributed by atoms with Gasteiger partial charge in [0.2, 0.25) is 5.91 Å². The first-order valence-corrected chi connectivity index (χ1v) is 5.45. The Balaban J connectivity index is 1.92. The summed E-state index contributed by atoms with van der Waals surface area (Å²) in [4.78, 5) is 15.1. The smallest absolute Gasteiger partial charge is 0.248 e. The average Bonchev–Trinajstić information content (AvgIpc) is 2.75. The monoisotopic (exact) mass is 234 g/mol. The largest absolute Gasteiger partial charge is 0.443 e. The molecule has 0 radical (unpaired) electrons. The molecule has 0 aliphatic heterocycles. The van der Waals surface area contributed by atoms with E-state index in [4.69, 9.17) is 9.52 Å². The molecule has 5 nitrogen and oxygen atoms in total. The van der Waals surface area contributed by atoms with E-state index in [1.165, 1.54) is 13.3 Å². The lowest BCUT2D eigenvalue weighted by Gasteiger charge is -2.06. The Morgan fingerprint density at radius 3 is 3.18 bits per heavy atom. The maximum Gasteiger partial charge on any atom is 0.248 e. The number of amides is 1. The van der Waals surface area contributed by atoms with Crippen molar-refractivity contribution in [2.45, 2.75) is 19.4 Å². The summed E-state index contributed by atoms with van der Waals surface area (Å²) in [5.41, 5.74) is 2.62. The van der Waals surface area contributed by atoms with Crippen LogP contribution in [0.3, 0.4) is 0 Å². The van der Waals surface area contributed by atoms with Crippen LogP contribution in [0, 0.1) is 0 Å². The number of rotatable bonds is 4. The molecule has 90 valence electrons. The van der Waals surface area contributed by atoms with Gasteiger partial charge in [-0.05, 0) is 31.0 Å². The van der Waals surface area contributed by atoms with Crippen LogP contribution < -0.4 is 5.32 Å². The van der Waals surface area contributed by atoms with Gasteiger partial charge in [0, 0.05) is 6.54 Å². The molecule has 0 bridgehead atoms. The van der Waals surface area contributed by atoms with E-state index >= 15 is 0 Å². The molecule has 1 unspecified atom stereocenters. The van der Waals surface area contributed by atoms with Gasteiger partial charge < -0.3 is 14.8 Å². The van der Waals surface area contributed by atoms with Crippen molar-refractivity contribution in [2.24, 2.45) is 0 Å². The molecular formula is C12H14N2O3. The van der Waals surface area contributed by atoms with E-state index < -0.39 is 6.10 Å². The van der Waals surface area contributed by atoms with Crippen LogP contribution in [0.2, 0.25) is 0 Å². The second-order valence-electron chi connectivity index (χ2n) is 3.87. The molecule has 0 saturated heterocycles. The fraction of sp³-hybridized carbons (Fsp3) is 0.333. The zero-order chi connectivity index (χ0) is 12.3. The van der Waals surface area contributed by atoms with Gasteiger partial charge in [-0.2, -0.15) is 0 Å². The molecule has 0 fully saturated rings. The summed E-state index contributed by atoms with van der Waals surface area (Å²) in [6.07, 6.45) is 1.13. The van der Waals surface area contributed by atoms with Gasteiger partial charge in [-0.25, -0.2) is 4.98 Å². The van der Waals surface area contributed by atoms with Crippen LogP contribution in [0.25, 0.3) is 11.1 Å². The van der Waals surface area contributed by atoms with E-state index in [-0.39, 0.29) is 5.91 Å². The van der Waals surface area contributed by atoms with Crippen molar-refractivity contribution in [3.63, 3.8) is 0 Å². The minimum atomic E-state index is -0.966. The maximum atomic E-state index is 11.1. The molecule has 0 spiro atoms. The Bertz CT molecular complexity index is 519. The lowest BCUT2D eigenvalue weighted by Crippen LogP contribution is -2.33. The number of carbonyl (C=O) groups is 1. The van der Waals surface area contributed by atoms with E-state index in [0.29, 0.717) is 13.0 Å². The summed E-state index contributed by atoms with van der Waals surface area (Å²) < 4.78 is 5.19. The van der Waals surface area contributed by atoms with Gasteiger partial charge in [0.05, 0.1) is 0 Å². The van der Waals surface area contributed by atoms with Gasteiger partial charge >= 0.3 is 0 Å². The molecule has 5 heteroatoms. The second kappa shape index (κ2) is 4.97. The third-order valence-electron chi connectivity index (χ3n) is 2.49. The van der Waals surface area contributed by atoms with Gasteiger partial charge in [0.1, 0.15) is 11.6 Å². The number of nitrogens with one attached hydrogen (secondary N) is 1. The van der Waals surface area contributed by atoms with Crippen molar-refractivity contribution < 1.29 is 14.3 Å². The van der Waals surface area contributed by atoms with Gasteiger partial charge in [0.25, 0.3) is 0 Å². The standard InChI is InChI=1S/C12H14N2O3/c1-8(15)12(16)13-5-4-9-2-3-10-11(6-9)17-7-14-10/h2-3,6-8,15H,4-5H2,1H3,(H,13,16). The molecule has 2 rings (SSSR count). The lowest BCUT2D eigenvalue weighted by atomic mass is 10.1. The third kappa shape index (κ3) is 2.82. The van der Waals surface area contributed by atoms with E-state index in [1.807, 2.05) is 18.2 Å². The molecule has 0 aliphatic carbocycles. The Morgan fingerprint density at radius 1 is 1.59 bits per heavy atom. The van der Waals surface area contributed by atoms with Crippen LogP contribution in [0.15, 0.2) is 29.0 Å². The molecule has 1 amide bonds. The van der Waals surface area contributed by atoms with Crippen LogP contribution in [0.1, 0.15) is 12.5 Å². The molecular weight excluding hydrogens is 220 g/mol. The average molecular weight is 234 g/mol. The van der Waals surface area contributed by atoms with Crippen LogP contribution in [-0.2, 0) is 11.2 Å². The SMILES string of the molecule is CC(O)C(=O)NCCc1ccc2ncoc2c1. The van der Waals surface area contributed by atoms with Crippen LogP contribution in [0.5, 0.6) is 0 Å². The predicted octanol–water partition coefficient (Wildman–Crippen LogP) is 0.867. The first kappa shape index (κ1) is 11.6. The summed E-state index contributed by atoms with van der Waals surface area (Å²) in [5.74, 6) is -0.356. The van der Waals surface area contributed by atoms with Crippen LogP contribution in [0.4, 0.5) is 0 Å². The van der Waals surface area contributed by atoms with Crippen molar-refractivity contribution in [1.29, 1.82) is 0 Å². The summed E-state index contributed by atoms with van der Waals surface area (Å²) in [6.45, 7) is 1.93. The molecule has 1 aromatic heterocycles. The first-order valence-electron chi connectivity index (χ1n) is 5.45. The highest BCUT2D eigenvalue weighted by molar-refractivity contribution is 5.80. The summed E-state index contributed by atoms with van der Waals surface area (Å²) >= 11 is 0. The minimum absolute atomic E-state index is 0.356. The molecule has 0 saturated carbocycles. The molecule has 2 aromatic rings. The third-order valence-corrected chi connectivity index (χ3v) is 2.49. The maximum absolute atomic E-state index is 11.1. The molecule has 1 aromatic carbocycles. The number of aromatic nitrogens is 1. The number of carbonyl (C=O) groups excluding carboxylic acids is 1. The number of fused-ring (bicyclic) bond motifs is 1. The predicted molar refractivity (Wildman–Crippen MR) is 62.4 cm³/mol. The van der Waals surface area contributed by atoms with Gasteiger partial charge in [-0.1, -0.05) is 6.07 Å². The van der Waals surface area contributed by atoms with E-state index in [0.717, 1.165) is 16.7 Å². The number of aliphatic hydroxyl groups is 1. The highest BCUT2D eigenvalue weighted by Crippen LogP contribution is 2.14. The van der Waals surface area contributed by atoms with Gasteiger partial charge in [-0.15, -0.1) is 0 Å². The molecule has 2 N–H and O–H groups in total. The summed E-state index contributed by atoms with van der Waals surface area (Å²) in [5, 5.41) is 11.6. The first-order chi connectivity index (χ1) is 8.16. The number of oxazole rings is 1. The van der Waals surface area contributed by atoms with E-state index in [2.05, 4.69) is 10.3 Å². The number of aliphatic hydroxyl groups excluding tert-OH is 1. The van der Waals surface area contributed by atoms with E-state index in [9.17, 15) is 4.79 Å². The normalized spacial score (nSPS) is 12.6. The molecule has 17 heavy (non-hydrogen) atoms. The van der Waals surface area contributed by atoms with Gasteiger partial charge in [0.15, 0.2) is 12.0 Å². The number of hydrogen-bond acceptors (Lipinski definition) is 4. The van der Waals surface area contributed by atoms with Crippen molar-refractivity contribution in [2.75, 3.05) is 6.54 Å². The number of nitrogens with zero attached hydrogens (tertiary/aromatic N) is 1. The van der Waals surface area contributed by atoms with E-state index in [1.54, 1.807) is 0 Å². The lowest BCUT2D eigenvalue weighted by molar-refractivity contribution is -0.128. The van der Waals surface area contributed by atoms with Crippen LogP contribution in [-0.4, -0.2) is 28.6 Å². The summed E-state index contributed by atoms with van der Waals surface area (Å²) in [7, 11) is 0. The van der Waals surface area contributed by atoms with Crippen molar-refractivity contribution >= 4 is 17.0 Å². The Kier molecular flexibility index (Phi) is 3.39. The Hall–Kier alpha value is -1.88. The molecule has 1 atom stereocenters. The molecule has 0 aliphatic rings. The van der Waals surface area contributed by atoms with Crippen molar-refractivity contribution in [3.05, 3.63) is 30.2 Å². The topological polar surface area (TPSA) is 75.4 Å². The Morgan fingerprint density at radius 2 is 2.41 bits per heavy atom. The highest BCUT2D eigenvalue weighted by atomic mass is 16.3. The van der Waals surface area contributed by atoms with Gasteiger partial charge in [-0.3, -0.25) is 4.79 Å². The van der Waals surface area contributed by atoms with Crippen molar-refractivity contribution in [1.82, 2.24) is 10.3 Å². The quantitative estimate of drug-likeness (QED) is 0.823. The van der Waals surface area contributed by atoms with Crippen molar-refractivity contribution in [3.8, 4) is 0 Å². The second-order valence-corrected chi connectivity index (χ2v) is 3.87. The minimum Gasteiger partial charge on any atom is -0.443 e. The fourth-order valence-electron chi connectivity index (χ4n) is 1.53. The highest BCUT2D eigenvalue weighted by Gasteiger charge is 2.07. The summed E-state index contributed by atoms with van der Waals surface area (Å²) in [6, 6.07) is 5.72.